The minimum absolute atomic E-state index is 0.0473. The summed E-state index contributed by atoms with van der Waals surface area (Å²) in [6, 6.07) is 8.86. The number of nitrogens with two attached hydrogens (primary N) is 1. The number of nitrogens with zero attached hydrogens (tertiary/aromatic N) is 5. The lowest BCUT2D eigenvalue weighted by molar-refractivity contribution is -0.384. The molecule has 2 aromatic heterocycles. The smallest absolute Gasteiger partial charge is 0.269 e. The van der Waals surface area contributed by atoms with E-state index in [0.29, 0.717) is 34.2 Å². The van der Waals surface area contributed by atoms with Gasteiger partial charge >= 0.3 is 0 Å². The van der Waals surface area contributed by atoms with E-state index in [0.717, 1.165) is 0 Å². The third kappa shape index (κ3) is 2.86. The van der Waals surface area contributed by atoms with Crippen LogP contribution in [0.25, 0.3) is 11.4 Å². The summed E-state index contributed by atoms with van der Waals surface area (Å²) in [5.41, 5.74) is 7.78. The molecule has 1 aromatic carbocycles. The number of fused-ring (bicyclic) bond motifs is 1. The Labute approximate surface area is 158 Å². The fourth-order valence-electron chi connectivity index (χ4n) is 3.17. The van der Waals surface area contributed by atoms with Gasteiger partial charge in [-0.15, -0.1) is 5.10 Å². The van der Waals surface area contributed by atoms with E-state index >= 15 is 0 Å². The molecule has 0 saturated heterocycles. The van der Waals surface area contributed by atoms with Crippen LogP contribution in [0.2, 0.25) is 0 Å². The molecule has 10 nitrogen and oxygen atoms in total. The standard InChI is InChI=1S/C18H15N7O3/c1-10-14(16(19)26)15(11-4-6-13(7-5-11)25(27)28)24-18(21-10)22-17(23-24)12-3-2-8-20-9-12/h2-9,15H,1H3,(H2,19,26)(H,21,22,23). The van der Waals surface area contributed by atoms with Crippen molar-refractivity contribution in [2.75, 3.05) is 5.32 Å². The maximum Gasteiger partial charge on any atom is 0.269 e. The summed E-state index contributed by atoms with van der Waals surface area (Å²) >= 11 is 0. The molecule has 0 spiro atoms. The van der Waals surface area contributed by atoms with Crippen LogP contribution < -0.4 is 11.1 Å². The van der Waals surface area contributed by atoms with Crippen LogP contribution >= 0.6 is 0 Å². The van der Waals surface area contributed by atoms with Crippen LogP contribution in [0.15, 0.2) is 60.1 Å². The third-order valence-corrected chi connectivity index (χ3v) is 4.46. The minimum atomic E-state index is -0.660. The number of rotatable bonds is 4. The molecule has 3 N–H and O–H groups in total. The first-order valence-corrected chi connectivity index (χ1v) is 8.34. The molecular weight excluding hydrogens is 362 g/mol. The van der Waals surface area contributed by atoms with Crippen molar-refractivity contribution in [3.8, 4) is 11.4 Å². The van der Waals surface area contributed by atoms with E-state index in [2.05, 4.69) is 20.4 Å². The summed E-state index contributed by atoms with van der Waals surface area (Å²) in [4.78, 5) is 31.2. The van der Waals surface area contributed by atoms with Crippen molar-refractivity contribution in [2.45, 2.75) is 13.0 Å². The van der Waals surface area contributed by atoms with E-state index in [1.807, 2.05) is 6.07 Å². The lowest BCUT2D eigenvalue weighted by Crippen LogP contribution is -2.31. The van der Waals surface area contributed by atoms with Crippen LogP contribution in [-0.2, 0) is 4.79 Å². The van der Waals surface area contributed by atoms with Gasteiger partial charge in [0.1, 0.15) is 6.04 Å². The Balaban J connectivity index is 1.86. The molecule has 140 valence electrons. The van der Waals surface area contributed by atoms with Crippen molar-refractivity contribution in [1.82, 2.24) is 19.7 Å². The lowest BCUT2D eigenvalue weighted by Gasteiger charge is -2.27. The van der Waals surface area contributed by atoms with Gasteiger partial charge in [-0.25, -0.2) is 4.68 Å². The molecule has 1 unspecified atom stereocenters. The second-order valence-electron chi connectivity index (χ2n) is 6.22. The number of anilines is 1. The summed E-state index contributed by atoms with van der Waals surface area (Å²) in [6.07, 6.45) is 3.28. The molecule has 28 heavy (non-hydrogen) atoms. The van der Waals surface area contributed by atoms with Crippen LogP contribution in [0.3, 0.4) is 0 Å². The van der Waals surface area contributed by atoms with Crippen LogP contribution in [-0.4, -0.2) is 30.6 Å². The molecule has 0 radical (unpaired) electrons. The maximum absolute atomic E-state index is 12.2. The van der Waals surface area contributed by atoms with Gasteiger partial charge in [0, 0.05) is 35.8 Å². The minimum Gasteiger partial charge on any atom is -0.366 e. The van der Waals surface area contributed by atoms with E-state index in [4.69, 9.17) is 5.73 Å². The molecule has 0 bridgehead atoms. The summed E-state index contributed by atoms with van der Waals surface area (Å²) in [6.45, 7) is 1.72. The number of carbonyl (C=O) groups is 1. The number of amides is 1. The summed E-state index contributed by atoms with van der Waals surface area (Å²) < 4.78 is 1.55. The summed E-state index contributed by atoms with van der Waals surface area (Å²) in [7, 11) is 0. The first kappa shape index (κ1) is 17.3. The van der Waals surface area contributed by atoms with Crippen LogP contribution in [0, 0.1) is 10.1 Å². The molecular formula is C18H15N7O3. The number of benzene rings is 1. The number of non-ortho nitro benzene ring substituents is 1. The number of hydrogen-bond donors (Lipinski definition) is 2. The van der Waals surface area contributed by atoms with Gasteiger partial charge in [-0.3, -0.25) is 19.9 Å². The number of pyridine rings is 1. The van der Waals surface area contributed by atoms with Gasteiger partial charge < -0.3 is 11.1 Å². The Bertz CT molecular complexity index is 1100. The quantitative estimate of drug-likeness (QED) is 0.523. The Morgan fingerprint density at radius 3 is 2.64 bits per heavy atom. The third-order valence-electron chi connectivity index (χ3n) is 4.46. The zero-order valence-electron chi connectivity index (χ0n) is 14.7. The van der Waals surface area contributed by atoms with Gasteiger partial charge in [0.25, 0.3) is 5.69 Å². The maximum atomic E-state index is 12.2. The number of hydrogen-bond acceptors (Lipinski definition) is 7. The highest BCUT2D eigenvalue weighted by Crippen LogP contribution is 2.36. The fraction of sp³-hybridized carbons (Fsp3) is 0.111. The van der Waals surface area contributed by atoms with E-state index < -0.39 is 16.9 Å². The average molecular weight is 377 g/mol. The first-order chi connectivity index (χ1) is 13.5. The molecule has 4 rings (SSSR count). The van der Waals surface area contributed by atoms with Crippen molar-refractivity contribution >= 4 is 17.5 Å². The van der Waals surface area contributed by atoms with Gasteiger partial charge in [0.05, 0.1) is 10.5 Å². The molecule has 1 aliphatic rings. The zero-order chi connectivity index (χ0) is 19.8. The largest absolute Gasteiger partial charge is 0.366 e. The fourth-order valence-corrected chi connectivity index (χ4v) is 3.17. The molecule has 0 fully saturated rings. The van der Waals surface area contributed by atoms with Gasteiger partial charge in [-0.05, 0) is 36.8 Å². The monoisotopic (exact) mass is 377 g/mol. The number of aromatic nitrogens is 4. The topological polar surface area (TPSA) is 142 Å². The zero-order valence-corrected chi connectivity index (χ0v) is 14.7. The highest BCUT2D eigenvalue weighted by Gasteiger charge is 2.33. The first-order valence-electron chi connectivity index (χ1n) is 8.34. The van der Waals surface area contributed by atoms with E-state index in [-0.39, 0.29) is 5.69 Å². The molecule has 3 aromatic rings. The number of nitro benzene ring substituents is 1. The molecule has 0 saturated carbocycles. The van der Waals surface area contributed by atoms with Gasteiger partial charge in [-0.2, -0.15) is 4.98 Å². The average Bonchev–Trinajstić information content (AvgIpc) is 3.11. The van der Waals surface area contributed by atoms with E-state index in [1.54, 1.807) is 42.2 Å². The van der Waals surface area contributed by atoms with Crippen molar-refractivity contribution in [3.05, 3.63) is 75.7 Å². The second-order valence-corrected chi connectivity index (χ2v) is 6.22. The van der Waals surface area contributed by atoms with Crippen molar-refractivity contribution in [3.63, 3.8) is 0 Å². The van der Waals surface area contributed by atoms with E-state index in [1.165, 1.54) is 12.1 Å². The highest BCUT2D eigenvalue weighted by atomic mass is 16.6. The summed E-state index contributed by atoms with van der Waals surface area (Å²) in [5, 5.41) is 18.5. The number of nitrogens with one attached hydrogen (secondary N) is 1. The van der Waals surface area contributed by atoms with Crippen LogP contribution in [0.4, 0.5) is 11.6 Å². The number of primary amides is 1. The molecule has 1 aliphatic heterocycles. The molecule has 1 atom stereocenters. The molecule has 3 heterocycles. The normalized spacial score (nSPS) is 15.7. The molecule has 1 amide bonds. The predicted octanol–water partition coefficient (Wildman–Crippen LogP) is 2.02. The van der Waals surface area contributed by atoms with Crippen LogP contribution in [0.5, 0.6) is 0 Å². The highest BCUT2D eigenvalue weighted by molar-refractivity contribution is 5.95. The molecule has 0 aliphatic carbocycles. The molecule has 10 heteroatoms. The number of carbonyl (C=O) groups excluding carboxylic acids is 1. The van der Waals surface area contributed by atoms with E-state index in [9.17, 15) is 14.9 Å². The number of nitro groups is 1. The van der Waals surface area contributed by atoms with Crippen molar-refractivity contribution in [1.29, 1.82) is 0 Å². The second kappa shape index (κ2) is 6.58. The predicted molar refractivity (Wildman–Crippen MR) is 100 cm³/mol. The van der Waals surface area contributed by atoms with Gasteiger partial charge in [0.2, 0.25) is 11.9 Å². The Kier molecular flexibility index (Phi) is 4.07. The Morgan fingerprint density at radius 1 is 1.29 bits per heavy atom. The SMILES string of the molecule is CC1=C(C(N)=O)C(c2ccc([N+](=O)[O-])cc2)n2nc(-c3cccnc3)nc2N1. The Morgan fingerprint density at radius 2 is 2.04 bits per heavy atom. The van der Waals surface area contributed by atoms with Crippen molar-refractivity contribution in [2.24, 2.45) is 5.73 Å². The lowest BCUT2D eigenvalue weighted by atomic mass is 9.95. The van der Waals surface area contributed by atoms with Crippen LogP contribution in [0.1, 0.15) is 18.5 Å². The number of allylic oxidation sites excluding steroid dienone is 1. The summed E-state index contributed by atoms with van der Waals surface area (Å²) in [5.74, 6) is 0.253. The van der Waals surface area contributed by atoms with Gasteiger partial charge in [0.15, 0.2) is 5.82 Å². The van der Waals surface area contributed by atoms with Crippen molar-refractivity contribution < 1.29 is 9.72 Å². The Hall–Kier alpha value is -4.08. The van der Waals surface area contributed by atoms with Gasteiger partial charge in [-0.1, -0.05) is 0 Å².